The normalized spacial score (nSPS) is 18.4. The van der Waals surface area contributed by atoms with Crippen molar-refractivity contribution in [2.75, 3.05) is 20.1 Å². The van der Waals surface area contributed by atoms with E-state index in [4.69, 9.17) is 4.42 Å². The summed E-state index contributed by atoms with van der Waals surface area (Å²) < 4.78 is 5.23. The van der Waals surface area contributed by atoms with Gasteiger partial charge in [0.15, 0.2) is 0 Å². The zero-order chi connectivity index (χ0) is 12.1. The van der Waals surface area contributed by atoms with Crippen molar-refractivity contribution in [1.82, 2.24) is 10.2 Å². The minimum Gasteiger partial charge on any atom is -0.467 e. The van der Waals surface area contributed by atoms with Crippen LogP contribution in [-0.2, 0) is 11.3 Å². The van der Waals surface area contributed by atoms with Gasteiger partial charge in [0.1, 0.15) is 5.76 Å². The molecule has 0 aliphatic carbocycles. The summed E-state index contributed by atoms with van der Waals surface area (Å²) in [5, 5.41) is 3.32. The van der Waals surface area contributed by atoms with Gasteiger partial charge in [-0.2, -0.15) is 0 Å². The topological polar surface area (TPSA) is 45.5 Å². The van der Waals surface area contributed by atoms with Crippen molar-refractivity contribution in [3.63, 3.8) is 0 Å². The third kappa shape index (κ3) is 4.35. The molecule has 0 bridgehead atoms. The van der Waals surface area contributed by atoms with Crippen molar-refractivity contribution in [2.24, 2.45) is 5.92 Å². The smallest absolute Gasteiger partial charge is 0.222 e. The van der Waals surface area contributed by atoms with E-state index in [1.54, 1.807) is 11.2 Å². The average molecular weight is 273 g/mol. The summed E-state index contributed by atoms with van der Waals surface area (Å²) in [5.41, 5.74) is 0. The highest BCUT2D eigenvalue weighted by atomic mass is 35.5. The summed E-state index contributed by atoms with van der Waals surface area (Å²) in [6.07, 6.45) is 4.48. The predicted molar refractivity (Wildman–Crippen MR) is 72.6 cm³/mol. The number of carbonyl (C=O) groups is 1. The molecule has 0 aromatic carbocycles. The molecular weight excluding hydrogens is 252 g/mol. The van der Waals surface area contributed by atoms with Crippen molar-refractivity contribution in [3.05, 3.63) is 24.2 Å². The van der Waals surface area contributed by atoms with Crippen molar-refractivity contribution in [2.45, 2.75) is 25.8 Å². The SMILES string of the molecule is CN(Cc1ccco1)C(=O)CCC1CCNC1.Cl. The maximum atomic E-state index is 11.9. The summed E-state index contributed by atoms with van der Waals surface area (Å²) in [7, 11) is 1.83. The second-order valence-corrected chi connectivity index (χ2v) is 4.73. The lowest BCUT2D eigenvalue weighted by atomic mass is 10.0. The quantitative estimate of drug-likeness (QED) is 0.892. The second kappa shape index (κ2) is 7.44. The van der Waals surface area contributed by atoms with Gasteiger partial charge in [-0.25, -0.2) is 0 Å². The minimum atomic E-state index is 0. The van der Waals surface area contributed by atoms with E-state index in [-0.39, 0.29) is 18.3 Å². The monoisotopic (exact) mass is 272 g/mol. The molecule has 1 saturated heterocycles. The molecule has 1 unspecified atom stereocenters. The molecule has 1 amide bonds. The van der Waals surface area contributed by atoms with Gasteiger partial charge in [-0.1, -0.05) is 0 Å². The Morgan fingerprint density at radius 1 is 1.61 bits per heavy atom. The fourth-order valence-corrected chi connectivity index (χ4v) is 2.20. The summed E-state index contributed by atoms with van der Waals surface area (Å²) in [6, 6.07) is 3.74. The fourth-order valence-electron chi connectivity index (χ4n) is 2.20. The fraction of sp³-hybridized carbons (Fsp3) is 0.615. The van der Waals surface area contributed by atoms with Crippen LogP contribution in [0.2, 0.25) is 0 Å². The molecule has 1 aromatic heterocycles. The third-order valence-corrected chi connectivity index (χ3v) is 3.33. The van der Waals surface area contributed by atoms with Gasteiger partial charge in [0.25, 0.3) is 0 Å². The standard InChI is InChI=1S/C13H20N2O2.ClH/c1-15(10-12-3-2-8-17-12)13(16)5-4-11-6-7-14-9-11;/h2-3,8,11,14H,4-7,9-10H2,1H3;1H. The van der Waals surface area contributed by atoms with Crippen LogP contribution in [0.25, 0.3) is 0 Å². The molecule has 102 valence electrons. The Balaban J connectivity index is 0.00000162. The van der Waals surface area contributed by atoms with Crippen LogP contribution < -0.4 is 5.32 Å². The molecule has 18 heavy (non-hydrogen) atoms. The highest BCUT2D eigenvalue weighted by Crippen LogP contribution is 2.15. The lowest BCUT2D eigenvalue weighted by molar-refractivity contribution is -0.130. The maximum Gasteiger partial charge on any atom is 0.222 e. The Kier molecular flexibility index (Phi) is 6.22. The molecule has 1 aliphatic rings. The van der Waals surface area contributed by atoms with Crippen molar-refractivity contribution in [3.8, 4) is 0 Å². The number of halogens is 1. The van der Waals surface area contributed by atoms with Gasteiger partial charge < -0.3 is 14.6 Å². The maximum absolute atomic E-state index is 11.9. The first-order valence-electron chi connectivity index (χ1n) is 6.23. The third-order valence-electron chi connectivity index (χ3n) is 3.33. The first-order chi connectivity index (χ1) is 8.25. The minimum absolute atomic E-state index is 0. The Hall–Kier alpha value is -1.00. The number of hydrogen-bond acceptors (Lipinski definition) is 3. The molecule has 1 fully saturated rings. The Morgan fingerprint density at radius 3 is 3.06 bits per heavy atom. The summed E-state index contributed by atoms with van der Waals surface area (Å²) in [6.45, 7) is 2.73. The molecule has 1 atom stereocenters. The first-order valence-corrected chi connectivity index (χ1v) is 6.23. The van der Waals surface area contributed by atoms with Crippen LogP contribution in [0, 0.1) is 5.92 Å². The van der Waals surface area contributed by atoms with Crippen LogP contribution in [0.1, 0.15) is 25.0 Å². The Bertz CT molecular complexity index is 348. The first kappa shape index (κ1) is 15.1. The zero-order valence-corrected chi connectivity index (χ0v) is 11.5. The summed E-state index contributed by atoms with van der Waals surface area (Å²) >= 11 is 0. The van der Waals surface area contributed by atoms with E-state index >= 15 is 0 Å². The second-order valence-electron chi connectivity index (χ2n) is 4.73. The van der Waals surface area contributed by atoms with Crippen LogP contribution in [0.15, 0.2) is 22.8 Å². The average Bonchev–Trinajstić information content (AvgIpc) is 2.98. The van der Waals surface area contributed by atoms with Gasteiger partial charge in [0.2, 0.25) is 5.91 Å². The van der Waals surface area contributed by atoms with E-state index in [1.165, 1.54) is 6.42 Å². The summed E-state index contributed by atoms with van der Waals surface area (Å²) in [5.74, 6) is 1.72. The number of carbonyl (C=O) groups excluding carboxylic acids is 1. The lowest BCUT2D eigenvalue weighted by Gasteiger charge is -2.16. The van der Waals surface area contributed by atoms with E-state index in [9.17, 15) is 4.79 Å². The highest BCUT2D eigenvalue weighted by Gasteiger charge is 2.17. The molecule has 4 nitrogen and oxygen atoms in total. The number of nitrogens with zero attached hydrogens (tertiary/aromatic N) is 1. The largest absolute Gasteiger partial charge is 0.467 e. The highest BCUT2D eigenvalue weighted by molar-refractivity contribution is 5.85. The van der Waals surface area contributed by atoms with Gasteiger partial charge in [0.05, 0.1) is 12.8 Å². The number of furan rings is 1. The lowest BCUT2D eigenvalue weighted by Crippen LogP contribution is -2.26. The molecule has 1 aliphatic heterocycles. The van der Waals surface area contributed by atoms with Crippen LogP contribution in [0.3, 0.4) is 0 Å². The van der Waals surface area contributed by atoms with Gasteiger partial charge in [0, 0.05) is 13.5 Å². The van der Waals surface area contributed by atoms with Crippen LogP contribution in [-0.4, -0.2) is 30.9 Å². The molecule has 5 heteroatoms. The van der Waals surface area contributed by atoms with Gasteiger partial charge in [-0.05, 0) is 44.0 Å². The molecule has 1 aromatic rings. The predicted octanol–water partition coefficient (Wildman–Crippen LogP) is 2.05. The molecule has 2 rings (SSSR count). The van der Waals surface area contributed by atoms with Crippen LogP contribution in [0.4, 0.5) is 0 Å². The van der Waals surface area contributed by atoms with Gasteiger partial charge >= 0.3 is 0 Å². The van der Waals surface area contributed by atoms with Gasteiger partial charge in [-0.15, -0.1) is 12.4 Å². The van der Waals surface area contributed by atoms with E-state index in [2.05, 4.69) is 5.32 Å². The van der Waals surface area contributed by atoms with Crippen molar-refractivity contribution in [1.29, 1.82) is 0 Å². The molecule has 1 N–H and O–H groups in total. The van der Waals surface area contributed by atoms with E-state index in [1.807, 2.05) is 19.2 Å². The van der Waals surface area contributed by atoms with E-state index < -0.39 is 0 Å². The molecular formula is C13H21ClN2O2. The molecule has 0 saturated carbocycles. The number of nitrogens with one attached hydrogen (secondary N) is 1. The van der Waals surface area contributed by atoms with Crippen LogP contribution >= 0.6 is 12.4 Å². The molecule has 2 heterocycles. The van der Waals surface area contributed by atoms with Crippen molar-refractivity contribution >= 4 is 18.3 Å². The molecule has 0 spiro atoms. The molecule has 0 radical (unpaired) electrons. The Labute approximate surface area is 114 Å². The van der Waals surface area contributed by atoms with Crippen molar-refractivity contribution < 1.29 is 9.21 Å². The zero-order valence-electron chi connectivity index (χ0n) is 10.7. The van der Waals surface area contributed by atoms with E-state index in [0.29, 0.717) is 18.9 Å². The number of hydrogen-bond donors (Lipinski definition) is 1. The number of amides is 1. The van der Waals surface area contributed by atoms with Crippen LogP contribution in [0.5, 0.6) is 0 Å². The summed E-state index contributed by atoms with van der Waals surface area (Å²) in [4.78, 5) is 13.6. The van der Waals surface area contributed by atoms with E-state index in [0.717, 1.165) is 25.3 Å². The Morgan fingerprint density at radius 2 is 2.44 bits per heavy atom. The number of rotatable bonds is 5. The van der Waals surface area contributed by atoms with Gasteiger partial charge in [-0.3, -0.25) is 4.79 Å².